The van der Waals surface area contributed by atoms with Gasteiger partial charge in [0.25, 0.3) is 15.9 Å². The Balaban J connectivity index is 1.72. The van der Waals surface area contributed by atoms with Crippen LogP contribution in [0.3, 0.4) is 0 Å². The van der Waals surface area contributed by atoms with Crippen molar-refractivity contribution in [3.8, 4) is 0 Å². The quantitative estimate of drug-likeness (QED) is 0.595. The van der Waals surface area contributed by atoms with Gasteiger partial charge in [-0.05, 0) is 48.5 Å². The molecule has 0 aliphatic carbocycles. The molecule has 1 heterocycles. The van der Waals surface area contributed by atoms with Gasteiger partial charge in [0.1, 0.15) is 0 Å². The topological polar surface area (TPSA) is 127 Å². The number of aromatic nitrogens is 2. The minimum Gasteiger partial charge on any atom is -0.465 e. The molecule has 0 fully saturated rings. The summed E-state index contributed by atoms with van der Waals surface area (Å²) in [6.45, 7) is 0. The Morgan fingerprint density at radius 2 is 1.59 bits per heavy atom. The normalized spacial score (nSPS) is 10.8. The molecule has 0 saturated carbocycles. The van der Waals surface area contributed by atoms with Crippen LogP contribution in [0.2, 0.25) is 0 Å². The molecule has 2 N–H and O–H groups in total. The fourth-order valence-electron chi connectivity index (χ4n) is 2.36. The summed E-state index contributed by atoms with van der Waals surface area (Å²) in [5.74, 6) is -1.05. The Kier molecular flexibility index (Phi) is 5.84. The lowest BCUT2D eigenvalue weighted by Gasteiger charge is -2.09. The molecule has 0 spiro atoms. The maximum Gasteiger partial charge on any atom is 0.337 e. The van der Waals surface area contributed by atoms with E-state index in [1.165, 1.54) is 55.9 Å². The molecule has 0 saturated heterocycles. The van der Waals surface area contributed by atoms with Crippen LogP contribution in [0.25, 0.3) is 0 Å². The van der Waals surface area contributed by atoms with E-state index in [0.717, 1.165) is 0 Å². The fraction of sp³-hybridized carbons (Fsp3) is 0.0526. The largest absolute Gasteiger partial charge is 0.465 e. The van der Waals surface area contributed by atoms with E-state index in [4.69, 9.17) is 0 Å². The summed E-state index contributed by atoms with van der Waals surface area (Å²) in [7, 11) is -2.61. The second-order valence-corrected chi connectivity index (χ2v) is 7.41. The molecular formula is C19H16N4O5S. The van der Waals surface area contributed by atoms with Gasteiger partial charge in [0.2, 0.25) is 5.95 Å². The maximum absolute atomic E-state index is 12.4. The lowest BCUT2D eigenvalue weighted by molar-refractivity contribution is 0.0600. The van der Waals surface area contributed by atoms with Gasteiger partial charge < -0.3 is 10.1 Å². The Bertz CT molecular complexity index is 1130. The van der Waals surface area contributed by atoms with Crippen LogP contribution in [0.1, 0.15) is 20.7 Å². The van der Waals surface area contributed by atoms with E-state index in [1.807, 2.05) is 0 Å². The molecule has 1 aromatic heterocycles. The first-order valence-electron chi connectivity index (χ1n) is 8.29. The van der Waals surface area contributed by atoms with E-state index >= 15 is 0 Å². The average molecular weight is 412 g/mol. The van der Waals surface area contributed by atoms with Crippen molar-refractivity contribution in [3.63, 3.8) is 0 Å². The van der Waals surface area contributed by atoms with Gasteiger partial charge in [-0.15, -0.1) is 0 Å². The summed E-state index contributed by atoms with van der Waals surface area (Å²) in [5, 5.41) is 2.64. The van der Waals surface area contributed by atoms with Crippen molar-refractivity contribution in [2.24, 2.45) is 0 Å². The number of hydrogen-bond donors (Lipinski definition) is 2. The van der Waals surface area contributed by atoms with E-state index in [-0.39, 0.29) is 22.0 Å². The number of esters is 1. The van der Waals surface area contributed by atoms with Gasteiger partial charge >= 0.3 is 5.97 Å². The van der Waals surface area contributed by atoms with Crippen LogP contribution in [0.4, 0.5) is 11.6 Å². The summed E-state index contributed by atoms with van der Waals surface area (Å²) in [6.07, 6.45) is 2.83. The number of sulfonamides is 1. The van der Waals surface area contributed by atoms with Crippen LogP contribution in [-0.4, -0.2) is 37.4 Å². The molecule has 0 aliphatic rings. The van der Waals surface area contributed by atoms with Crippen molar-refractivity contribution in [1.29, 1.82) is 0 Å². The Morgan fingerprint density at radius 3 is 2.24 bits per heavy atom. The highest BCUT2D eigenvalue weighted by molar-refractivity contribution is 7.92. The summed E-state index contributed by atoms with van der Waals surface area (Å²) in [5.41, 5.74) is 0.886. The van der Waals surface area contributed by atoms with Gasteiger partial charge in [-0.25, -0.2) is 27.9 Å². The second kappa shape index (κ2) is 8.48. The SMILES string of the molecule is COC(=O)c1cccc(C(=O)Nc2ccc(S(=O)(=O)Nc3ncccn3)cc2)c1. The smallest absolute Gasteiger partial charge is 0.337 e. The van der Waals surface area contributed by atoms with E-state index in [0.29, 0.717) is 5.69 Å². The van der Waals surface area contributed by atoms with Crippen LogP contribution < -0.4 is 10.0 Å². The predicted molar refractivity (Wildman–Crippen MR) is 105 cm³/mol. The predicted octanol–water partition coefficient (Wildman–Crippen LogP) is 2.32. The molecule has 10 heteroatoms. The minimum absolute atomic E-state index is 0.0179. The number of ether oxygens (including phenoxy) is 1. The van der Waals surface area contributed by atoms with Crippen LogP contribution >= 0.6 is 0 Å². The molecule has 148 valence electrons. The van der Waals surface area contributed by atoms with Gasteiger partial charge in [0, 0.05) is 23.6 Å². The van der Waals surface area contributed by atoms with Gasteiger partial charge in [-0.3, -0.25) is 4.79 Å². The maximum atomic E-state index is 12.4. The highest BCUT2D eigenvalue weighted by atomic mass is 32.2. The number of amides is 1. The molecule has 9 nitrogen and oxygen atoms in total. The number of carbonyl (C=O) groups excluding carboxylic acids is 2. The van der Waals surface area contributed by atoms with Gasteiger partial charge in [0.15, 0.2) is 0 Å². The van der Waals surface area contributed by atoms with Crippen molar-refractivity contribution in [2.75, 3.05) is 17.1 Å². The molecule has 0 unspecified atom stereocenters. The Morgan fingerprint density at radius 1 is 0.931 bits per heavy atom. The third kappa shape index (κ3) is 4.93. The van der Waals surface area contributed by atoms with Gasteiger partial charge in [0.05, 0.1) is 17.6 Å². The number of hydrogen-bond acceptors (Lipinski definition) is 7. The van der Waals surface area contributed by atoms with E-state index in [9.17, 15) is 18.0 Å². The Hall–Kier alpha value is -3.79. The lowest BCUT2D eigenvalue weighted by Crippen LogP contribution is -2.15. The van der Waals surface area contributed by atoms with Crippen molar-refractivity contribution < 1.29 is 22.7 Å². The summed E-state index contributed by atoms with van der Waals surface area (Å²) in [4.78, 5) is 31.6. The van der Waals surface area contributed by atoms with Crippen LogP contribution in [0, 0.1) is 0 Å². The van der Waals surface area contributed by atoms with Crippen LogP contribution in [-0.2, 0) is 14.8 Å². The van der Waals surface area contributed by atoms with E-state index < -0.39 is 21.9 Å². The average Bonchev–Trinajstić information content (AvgIpc) is 2.74. The van der Waals surface area contributed by atoms with Crippen molar-refractivity contribution in [1.82, 2.24) is 9.97 Å². The van der Waals surface area contributed by atoms with Crippen LogP contribution in [0.15, 0.2) is 71.9 Å². The molecule has 3 aromatic rings. The molecule has 0 radical (unpaired) electrons. The molecule has 3 rings (SSSR count). The summed E-state index contributed by atoms with van der Waals surface area (Å²) in [6, 6.07) is 13.2. The molecular weight excluding hydrogens is 396 g/mol. The van der Waals surface area contributed by atoms with Crippen molar-refractivity contribution in [3.05, 3.63) is 78.1 Å². The fourth-order valence-corrected chi connectivity index (χ4v) is 3.31. The zero-order chi connectivity index (χ0) is 20.9. The lowest BCUT2D eigenvalue weighted by atomic mass is 10.1. The minimum atomic E-state index is -3.87. The van der Waals surface area contributed by atoms with E-state index in [2.05, 4.69) is 24.7 Å². The zero-order valence-electron chi connectivity index (χ0n) is 15.2. The molecule has 2 aromatic carbocycles. The highest BCUT2D eigenvalue weighted by Gasteiger charge is 2.16. The number of nitrogens with one attached hydrogen (secondary N) is 2. The first kappa shape index (κ1) is 20.0. The number of rotatable bonds is 6. The standard InChI is InChI=1S/C19H16N4O5S/c1-28-18(25)14-5-2-4-13(12-14)17(24)22-15-6-8-16(9-7-15)29(26,27)23-19-20-10-3-11-21-19/h2-12H,1H3,(H,22,24)(H,20,21,23). The molecule has 0 aliphatic heterocycles. The number of anilines is 2. The zero-order valence-corrected chi connectivity index (χ0v) is 16.0. The number of methoxy groups -OCH3 is 1. The van der Waals surface area contributed by atoms with Gasteiger partial charge in [-0.1, -0.05) is 6.07 Å². The first-order chi connectivity index (χ1) is 13.9. The number of benzene rings is 2. The van der Waals surface area contributed by atoms with Crippen molar-refractivity contribution in [2.45, 2.75) is 4.90 Å². The Labute approximate surface area is 166 Å². The molecule has 29 heavy (non-hydrogen) atoms. The number of carbonyl (C=O) groups is 2. The molecule has 0 bridgehead atoms. The monoisotopic (exact) mass is 412 g/mol. The summed E-state index contributed by atoms with van der Waals surface area (Å²) >= 11 is 0. The van der Waals surface area contributed by atoms with Crippen LogP contribution in [0.5, 0.6) is 0 Å². The third-order valence-electron chi connectivity index (χ3n) is 3.76. The van der Waals surface area contributed by atoms with E-state index in [1.54, 1.807) is 18.2 Å². The first-order valence-corrected chi connectivity index (χ1v) is 9.77. The summed E-state index contributed by atoms with van der Waals surface area (Å²) < 4.78 is 31.6. The van der Waals surface area contributed by atoms with Gasteiger partial charge in [-0.2, -0.15) is 0 Å². The van der Waals surface area contributed by atoms with Crippen molar-refractivity contribution >= 4 is 33.5 Å². The second-order valence-electron chi connectivity index (χ2n) is 5.73. The number of nitrogens with zero attached hydrogens (tertiary/aromatic N) is 2. The third-order valence-corrected chi connectivity index (χ3v) is 5.10. The molecule has 0 atom stereocenters. The highest BCUT2D eigenvalue weighted by Crippen LogP contribution is 2.17. The molecule has 1 amide bonds.